The summed E-state index contributed by atoms with van der Waals surface area (Å²) < 4.78 is 0. The van der Waals surface area contributed by atoms with Crippen LogP contribution < -0.4 is 52.4 Å². The molecular weight excluding hydrogens is 1120 g/mol. The second-order valence-corrected chi connectivity index (χ2v) is 25.0. The van der Waals surface area contributed by atoms with Crippen molar-refractivity contribution >= 4 is 126 Å². The van der Waals surface area contributed by atoms with Gasteiger partial charge >= 0.3 is 0 Å². The van der Waals surface area contributed by atoms with E-state index in [0.29, 0.717) is 0 Å². The molecule has 0 bridgehead atoms. The molecule has 0 unspecified atom stereocenters. The summed E-state index contributed by atoms with van der Waals surface area (Å²) in [6.07, 6.45) is 0. The lowest BCUT2D eigenvalue weighted by molar-refractivity contribution is 1.22. The Morgan fingerprint density at radius 2 is 0.582 bits per heavy atom. The largest absolute Gasteiger partial charge is 0.311 e. The summed E-state index contributed by atoms with van der Waals surface area (Å²) in [4.78, 5) is 12.7. The molecule has 0 saturated carbocycles. The lowest BCUT2D eigenvalue weighted by Crippen LogP contribution is -2.64. The molecule has 18 rings (SSSR count). The van der Waals surface area contributed by atoms with Gasteiger partial charge in [0.15, 0.2) is 0 Å². The van der Waals surface area contributed by atoms with Crippen molar-refractivity contribution in [3.63, 3.8) is 0 Å². The van der Waals surface area contributed by atoms with Gasteiger partial charge in [0.25, 0.3) is 6.71 Å². The van der Waals surface area contributed by atoms with Crippen molar-refractivity contribution in [2.45, 2.75) is 9.79 Å². The van der Waals surface area contributed by atoms with E-state index in [1.807, 2.05) is 11.8 Å². The molecule has 0 aromatic heterocycles. The summed E-state index contributed by atoms with van der Waals surface area (Å²) in [5, 5.41) is 0. The lowest BCUT2D eigenvalue weighted by atomic mass is 9.31. The number of anilines is 12. The van der Waals surface area contributed by atoms with Crippen LogP contribution in [0.3, 0.4) is 0 Å². The topological polar surface area (TPSA) is 13.0 Å². The molecular formula is C84H56B2N4S. The third-order valence-electron chi connectivity index (χ3n) is 18.8. The smallest absolute Gasteiger partial charge is 0.252 e. The predicted molar refractivity (Wildman–Crippen MR) is 387 cm³/mol. The van der Waals surface area contributed by atoms with Crippen LogP contribution >= 0.6 is 11.8 Å². The van der Waals surface area contributed by atoms with Gasteiger partial charge in [0.2, 0.25) is 6.71 Å². The van der Waals surface area contributed by atoms with Crippen molar-refractivity contribution in [2.75, 3.05) is 19.6 Å². The van der Waals surface area contributed by atoms with E-state index in [-0.39, 0.29) is 13.4 Å². The van der Waals surface area contributed by atoms with Gasteiger partial charge in [-0.25, -0.2) is 0 Å². The molecule has 0 radical (unpaired) electrons. The zero-order valence-electron chi connectivity index (χ0n) is 49.7. The number of hydrogen-bond donors (Lipinski definition) is 0. The van der Waals surface area contributed by atoms with Crippen LogP contribution in [0, 0.1) is 0 Å². The van der Waals surface area contributed by atoms with Crippen molar-refractivity contribution in [1.82, 2.24) is 0 Å². The maximum atomic E-state index is 2.65. The van der Waals surface area contributed by atoms with E-state index in [9.17, 15) is 0 Å². The quantitative estimate of drug-likeness (QED) is 0.126. The summed E-state index contributed by atoms with van der Waals surface area (Å²) in [5.41, 5.74) is 30.7. The molecule has 91 heavy (non-hydrogen) atoms. The van der Waals surface area contributed by atoms with Gasteiger partial charge in [-0.15, -0.1) is 0 Å². The highest BCUT2D eigenvalue weighted by atomic mass is 32.2. The molecule has 0 aliphatic carbocycles. The third kappa shape index (κ3) is 8.64. The first-order chi connectivity index (χ1) is 45.2. The van der Waals surface area contributed by atoms with Crippen LogP contribution in [0.1, 0.15) is 0 Å². The number of hydrogen-bond acceptors (Lipinski definition) is 5. The summed E-state index contributed by atoms with van der Waals surface area (Å²) in [6.45, 7) is -0.253. The van der Waals surface area contributed by atoms with Crippen LogP contribution in [0.2, 0.25) is 0 Å². The fourth-order valence-electron chi connectivity index (χ4n) is 15.0. The Labute approximate surface area is 536 Å². The standard InChI is InChI=1S/C84H56B2N4S/c1-7-29-57(30-8-1)61-51-78-84-82(52-61)91-81-56-77-70(55-71(81)86(84)69-45-23-28-50-76(69)88(78)72-46-24-19-41-65(72)58-31-9-2-10-32-58)85-68-44-22-27-49-75(68)89(73-47-25-20-42-66(73)59-33-11-3-12-34-59)79-53-64(87(62-37-15-5-16-38-62)63-39-17-6-18-40-63)54-80(83(79)85)90(77)74-48-26-21-43-67(74)60-35-13-4-14-36-60/h1-56H. The molecule has 4 aliphatic rings. The molecule has 7 heteroatoms. The second-order valence-electron chi connectivity index (χ2n) is 23.9. The molecule has 4 aliphatic heterocycles. The van der Waals surface area contributed by atoms with Crippen molar-refractivity contribution in [1.29, 1.82) is 0 Å². The van der Waals surface area contributed by atoms with Crippen molar-refractivity contribution < 1.29 is 0 Å². The Kier molecular flexibility index (Phi) is 12.7. The van der Waals surface area contributed by atoms with E-state index in [2.05, 4.69) is 359 Å². The van der Waals surface area contributed by atoms with Crippen LogP contribution in [0.25, 0.3) is 44.5 Å². The summed E-state index contributed by atoms with van der Waals surface area (Å²) in [7, 11) is 0. The lowest BCUT2D eigenvalue weighted by Gasteiger charge is -2.46. The Hall–Kier alpha value is -11.2. The number of nitrogens with zero attached hydrogens (tertiary/aromatic N) is 4. The zero-order valence-corrected chi connectivity index (χ0v) is 50.5. The van der Waals surface area contributed by atoms with E-state index < -0.39 is 0 Å². The average molecular weight is 1180 g/mol. The monoisotopic (exact) mass is 1170 g/mol. The Bertz CT molecular complexity index is 5090. The molecule has 0 fully saturated rings. The van der Waals surface area contributed by atoms with Gasteiger partial charge in [-0.3, -0.25) is 0 Å². The van der Waals surface area contributed by atoms with Crippen LogP contribution in [0.4, 0.5) is 68.2 Å². The van der Waals surface area contributed by atoms with E-state index >= 15 is 0 Å². The normalized spacial score (nSPS) is 12.9. The maximum absolute atomic E-state index is 2.65. The summed E-state index contributed by atoms with van der Waals surface area (Å²) in [5.74, 6) is 0. The molecule has 424 valence electrons. The Balaban J connectivity index is 0.946. The Morgan fingerprint density at radius 1 is 0.220 bits per heavy atom. The SMILES string of the molecule is c1ccc(-c2cc3c4c(c2)N(c2ccccc2-c2ccccc2)c2ccccc2B4c2cc4c(cc2S3)N(c2ccccc2-c2ccccc2)c2cc(N(c3ccccc3)c3ccccc3)cc3c2B4c2ccccc2N3c2ccccc2-c2ccccc2)cc1. The van der Waals surface area contributed by atoms with Gasteiger partial charge in [0, 0.05) is 72.0 Å². The van der Waals surface area contributed by atoms with Gasteiger partial charge in [-0.2, -0.15) is 0 Å². The first-order valence-corrected chi connectivity index (χ1v) is 32.2. The molecule has 0 spiro atoms. The van der Waals surface area contributed by atoms with Gasteiger partial charge < -0.3 is 19.6 Å². The van der Waals surface area contributed by atoms with Crippen molar-refractivity contribution in [3.05, 3.63) is 340 Å². The molecule has 0 saturated heterocycles. The minimum Gasteiger partial charge on any atom is -0.311 e. The predicted octanol–water partition coefficient (Wildman–Crippen LogP) is 18.7. The van der Waals surface area contributed by atoms with E-state index in [0.717, 1.165) is 73.4 Å². The Morgan fingerprint density at radius 3 is 1.04 bits per heavy atom. The number of fused-ring (bicyclic) bond motifs is 8. The van der Waals surface area contributed by atoms with Gasteiger partial charge in [-0.05, 0) is 140 Å². The van der Waals surface area contributed by atoms with E-state index in [1.54, 1.807) is 0 Å². The van der Waals surface area contributed by atoms with Crippen molar-refractivity contribution in [3.8, 4) is 44.5 Å². The van der Waals surface area contributed by atoms with Gasteiger partial charge in [-0.1, -0.05) is 272 Å². The van der Waals surface area contributed by atoms with Crippen LogP contribution in [0.15, 0.2) is 350 Å². The fraction of sp³-hybridized carbons (Fsp3) is 0. The second kappa shape index (κ2) is 21.8. The van der Waals surface area contributed by atoms with E-state index in [1.165, 1.54) is 81.9 Å². The fourth-order valence-corrected chi connectivity index (χ4v) is 16.2. The zero-order chi connectivity index (χ0) is 59.9. The van der Waals surface area contributed by atoms with Crippen LogP contribution in [0.5, 0.6) is 0 Å². The first-order valence-electron chi connectivity index (χ1n) is 31.4. The summed E-state index contributed by atoms with van der Waals surface area (Å²) in [6, 6.07) is 126. The molecule has 0 N–H and O–H groups in total. The minimum atomic E-state index is -0.169. The number of para-hydroxylation sites is 7. The molecule has 14 aromatic carbocycles. The highest BCUT2D eigenvalue weighted by Crippen LogP contribution is 2.53. The molecule has 4 heterocycles. The van der Waals surface area contributed by atoms with Crippen molar-refractivity contribution in [2.24, 2.45) is 0 Å². The first kappa shape index (κ1) is 52.8. The third-order valence-corrected chi connectivity index (χ3v) is 20.0. The molecule has 0 atom stereocenters. The van der Waals surface area contributed by atoms with Crippen LogP contribution in [-0.2, 0) is 0 Å². The highest BCUT2D eigenvalue weighted by Gasteiger charge is 2.48. The van der Waals surface area contributed by atoms with Gasteiger partial charge in [0.05, 0.1) is 22.7 Å². The highest BCUT2D eigenvalue weighted by molar-refractivity contribution is 8.00. The molecule has 14 aromatic rings. The minimum absolute atomic E-state index is 0.0839. The van der Waals surface area contributed by atoms with Crippen LogP contribution in [-0.4, -0.2) is 13.4 Å². The van der Waals surface area contributed by atoms with E-state index in [4.69, 9.17) is 0 Å². The summed E-state index contributed by atoms with van der Waals surface area (Å²) >= 11 is 1.92. The number of rotatable bonds is 10. The van der Waals surface area contributed by atoms with Gasteiger partial charge in [0.1, 0.15) is 0 Å². The molecule has 4 nitrogen and oxygen atoms in total. The average Bonchev–Trinajstić information content (AvgIpc) is 0.701. The number of benzene rings is 14. The maximum Gasteiger partial charge on any atom is 0.252 e. The molecule has 0 amide bonds.